The molecule has 0 aliphatic carbocycles. The molecule has 0 fully saturated rings. The number of anilines is 1. The van der Waals surface area contributed by atoms with Crippen molar-refractivity contribution in [3.8, 4) is 0 Å². The molecule has 0 bridgehead atoms. The van der Waals surface area contributed by atoms with Crippen molar-refractivity contribution < 1.29 is 4.92 Å². The quantitative estimate of drug-likeness (QED) is 0.510. The normalized spacial score (nSPS) is 13.4. The van der Waals surface area contributed by atoms with Gasteiger partial charge in [0.25, 0.3) is 5.69 Å². The van der Waals surface area contributed by atoms with Gasteiger partial charge in [0.15, 0.2) is 0 Å². The van der Waals surface area contributed by atoms with Crippen molar-refractivity contribution >= 4 is 11.4 Å². The maximum Gasteiger partial charge on any atom is 0.269 e. The molecule has 0 amide bonds. The number of aromatic nitrogens is 2. The van der Waals surface area contributed by atoms with Gasteiger partial charge in [-0.1, -0.05) is 30.3 Å². The molecule has 1 aromatic heterocycles. The molecule has 0 saturated heterocycles. The molecule has 1 aliphatic rings. The fraction of sp³-hybridized carbons (Fsp3) is 0.286. The van der Waals surface area contributed by atoms with Crippen LogP contribution in [0.5, 0.6) is 0 Å². The van der Waals surface area contributed by atoms with E-state index in [1.165, 1.54) is 11.3 Å². The molecule has 3 aromatic rings. The summed E-state index contributed by atoms with van der Waals surface area (Å²) in [5.41, 5.74) is 5.85. The molecule has 1 aliphatic heterocycles. The predicted octanol–water partition coefficient (Wildman–Crippen LogP) is 3.91. The summed E-state index contributed by atoms with van der Waals surface area (Å²) < 4.78 is 2.27. The molecule has 0 spiro atoms. The molecule has 138 valence electrons. The number of rotatable bonds is 5. The van der Waals surface area contributed by atoms with E-state index in [0.717, 1.165) is 49.4 Å². The number of hydrogen-bond donors (Lipinski definition) is 0. The lowest BCUT2D eigenvalue weighted by Crippen LogP contribution is -2.31. The number of nitrogens with zero attached hydrogens (tertiary/aromatic N) is 4. The van der Waals surface area contributed by atoms with Gasteiger partial charge < -0.3 is 9.47 Å². The molecule has 0 radical (unpaired) electrons. The largest absolute Gasteiger partial charge is 0.365 e. The van der Waals surface area contributed by atoms with Crippen molar-refractivity contribution in [1.82, 2.24) is 9.55 Å². The Balaban J connectivity index is 1.48. The number of aryl methyl sites for hydroxylation is 3. The standard InChI is InChI=1S/C21H22N4O2/c1-16-13-18(25(26)27)7-8-20(16)23-12-10-21-19(14-23)22-15-24(21)11-9-17-5-3-2-4-6-17/h2-8,13,15H,9-12,14H2,1H3. The van der Waals surface area contributed by atoms with Crippen LogP contribution in [0.15, 0.2) is 54.9 Å². The minimum atomic E-state index is -0.348. The Bertz CT molecular complexity index is 966. The van der Waals surface area contributed by atoms with Crippen molar-refractivity contribution in [2.24, 2.45) is 0 Å². The molecule has 27 heavy (non-hydrogen) atoms. The highest BCUT2D eigenvalue weighted by molar-refractivity contribution is 5.58. The second kappa shape index (κ2) is 7.23. The van der Waals surface area contributed by atoms with Gasteiger partial charge >= 0.3 is 0 Å². The Labute approximate surface area is 158 Å². The summed E-state index contributed by atoms with van der Waals surface area (Å²) in [6, 6.07) is 15.6. The van der Waals surface area contributed by atoms with Crippen LogP contribution in [0.3, 0.4) is 0 Å². The summed E-state index contributed by atoms with van der Waals surface area (Å²) in [6.07, 6.45) is 3.87. The van der Waals surface area contributed by atoms with Crippen LogP contribution in [-0.2, 0) is 25.9 Å². The Kier molecular flexibility index (Phi) is 4.62. The van der Waals surface area contributed by atoms with Crippen molar-refractivity contribution in [1.29, 1.82) is 0 Å². The SMILES string of the molecule is Cc1cc([N+](=O)[O-])ccc1N1CCc2c(ncn2CCc2ccccc2)C1. The third kappa shape index (κ3) is 3.56. The zero-order chi connectivity index (χ0) is 18.8. The summed E-state index contributed by atoms with van der Waals surface area (Å²) in [6.45, 7) is 4.49. The second-order valence-corrected chi connectivity index (χ2v) is 6.97. The average molecular weight is 362 g/mol. The van der Waals surface area contributed by atoms with Gasteiger partial charge in [-0.05, 0) is 30.5 Å². The van der Waals surface area contributed by atoms with Gasteiger partial charge in [0.2, 0.25) is 0 Å². The third-order valence-electron chi connectivity index (χ3n) is 5.21. The molecular formula is C21H22N4O2. The summed E-state index contributed by atoms with van der Waals surface area (Å²) in [5.74, 6) is 0. The van der Waals surface area contributed by atoms with Crippen molar-refractivity contribution in [3.05, 3.63) is 87.5 Å². The van der Waals surface area contributed by atoms with Gasteiger partial charge in [0.1, 0.15) is 0 Å². The lowest BCUT2D eigenvalue weighted by atomic mass is 10.1. The first-order valence-corrected chi connectivity index (χ1v) is 9.18. The van der Waals surface area contributed by atoms with E-state index in [9.17, 15) is 10.1 Å². The van der Waals surface area contributed by atoms with Gasteiger partial charge in [0.05, 0.1) is 23.5 Å². The molecular weight excluding hydrogens is 340 g/mol. The number of non-ortho nitro benzene ring substituents is 1. The number of benzene rings is 2. The Morgan fingerprint density at radius 2 is 2.00 bits per heavy atom. The smallest absolute Gasteiger partial charge is 0.269 e. The highest BCUT2D eigenvalue weighted by atomic mass is 16.6. The van der Waals surface area contributed by atoms with E-state index in [2.05, 4.69) is 38.7 Å². The molecule has 6 nitrogen and oxygen atoms in total. The number of fused-ring (bicyclic) bond motifs is 1. The first kappa shape index (κ1) is 17.3. The summed E-state index contributed by atoms with van der Waals surface area (Å²) in [4.78, 5) is 17.5. The molecule has 0 saturated carbocycles. The van der Waals surface area contributed by atoms with Crippen LogP contribution in [0.1, 0.15) is 22.5 Å². The highest BCUT2D eigenvalue weighted by Crippen LogP contribution is 2.29. The molecule has 2 heterocycles. The predicted molar refractivity (Wildman–Crippen MR) is 105 cm³/mol. The molecule has 0 N–H and O–H groups in total. The van der Waals surface area contributed by atoms with E-state index in [1.54, 1.807) is 12.1 Å². The minimum Gasteiger partial charge on any atom is -0.365 e. The maximum atomic E-state index is 11.0. The fourth-order valence-electron chi connectivity index (χ4n) is 3.77. The van der Waals surface area contributed by atoms with Crippen molar-refractivity contribution in [2.75, 3.05) is 11.4 Å². The molecule has 6 heteroatoms. The second-order valence-electron chi connectivity index (χ2n) is 6.97. The van der Waals surface area contributed by atoms with E-state index in [-0.39, 0.29) is 10.6 Å². The van der Waals surface area contributed by atoms with Crippen LogP contribution in [-0.4, -0.2) is 21.0 Å². The number of imidazole rings is 1. The number of nitro groups is 1. The molecule has 2 aromatic carbocycles. The van der Waals surface area contributed by atoms with Gasteiger partial charge in [0, 0.05) is 43.0 Å². The first-order valence-electron chi connectivity index (χ1n) is 9.18. The van der Waals surface area contributed by atoms with Crippen LogP contribution < -0.4 is 4.90 Å². The van der Waals surface area contributed by atoms with Crippen molar-refractivity contribution in [2.45, 2.75) is 32.9 Å². The van der Waals surface area contributed by atoms with E-state index in [1.807, 2.05) is 25.4 Å². The maximum absolute atomic E-state index is 11.0. The van der Waals surface area contributed by atoms with E-state index < -0.39 is 0 Å². The van der Waals surface area contributed by atoms with Gasteiger partial charge in [-0.25, -0.2) is 4.98 Å². The minimum absolute atomic E-state index is 0.138. The zero-order valence-electron chi connectivity index (χ0n) is 15.3. The van der Waals surface area contributed by atoms with Crippen LogP contribution in [0.2, 0.25) is 0 Å². The average Bonchev–Trinajstić information content (AvgIpc) is 3.09. The van der Waals surface area contributed by atoms with Crippen molar-refractivity contribution in [3.63, 3.8) is 0 Å². The lowest BCUT2D eigenvalue weighted by molar-refractivity contribution is -0.384. The summed E-state index contributed by atoms with van der Waals surface area (Å²) in [5, 5.41) is 11.0. The van der Waals surface area contributed by atoms with Crippen LogP contribution in [0.4, 0.5) is 11.4 Å². The summed E-state index contributed by atoms with van der Waals surface area (Å²) in [7, 11) is 0. The zero-order valence-corrected chi connectivity index (χ0v) is 15.3. The first-order chi connectivity index (χ1) is 13.1. The number of hydrogen-bond acceptors (Lipinski definition) is 4. The summed E-state index contributed by atoms with van der Waals surface area (Å²) >= 11 is 0. The van der Waals surface area contributed by atoms with Gasteiger partial charge in [-0.3, -0.25) is 10.1 Å². The molecule has 4 rings (SSSR count). The molecule has 0 unspecified atom stereocenters. The van der Waals surface area contributed by atoms with E-state index >= 15 is 0 Å². The fourth-order valence-corrected chi connectivity index (χ4v) is 3.77. The Morgan fingerprint density at radius 1 is 1.19 bits per heavy atom. The monoisotopic (exact) mass is 362 g/mol. The van der Waals surface area contributed by atoms with E-state index in [0.29, 0.717) is 0 Å². The highest BCUT2D eigenvalue weighted by Gasteiger charge is 2.22. The van der Waals surface area contributed by atoms with Gasteiger partial charge in [-0.15, -0.1) is 0 Å². The van der Waals surface area contributed by atoms with Crippen LogP contribution in [0.25, 0.3) is 0 Å². The lowest BCUT2D eigenvalue weighted by Gasteiger charge is -2.30. The van der Waals surface area contributed by atoms with E-state index in [4.69, 9.17) is 0 Å². The van der Waals surface area contributed by atoms with Crippen LogP contribution >= 0.6 is 0 Å². The topological polar surface area (TPSA) is 64.2 Å². The molecule has 0 atom stereocenters. The Morgan fingerprint density at radius 3 is 2.74 bits per heavy atom. The van der Waals surface area contributed by atoms with Crippen LogP contribution in [0, 0.1) is 17.0 Å². The third-order valence-corrected chi connectivity index (χ3v) is 5.21. The number of nitro benzene ring substituents is 1. The Hall–Kier alpha value is -3.15. The van der Waals surface area contributed by atoms with Gasteiger partial charge in [-0.2, -0.15) is 0 Å².